The first-order valence-corrected chi connectivity index (χ1v) is 2.67. The third kappa shape index (κ3) is 0.872. The Kier molecular flexibility index (Phi) is 2.02. The molecule has 5 heavy (non-hydrogen) atoms. The van der Waals surface area contributed by atoms with Crippen molar-refractivity contribution in [1.82, 2.24) is 0 Å². The molecule has 1 heteroatoms. The molecular formula is C4H4Si. The first-order chi connectivity index (χ1) is 2.00. The van der Waals surface area contributed by atoms with Crippen LogP contribution in [0.2, 0.25) is 0 Å². The van der Waals surface area contributed by atoms with Gasteiger partial charge >= 0.3 is 0 Å². The molecule has 0 saturated heterocycles. The summed E-state index contributed by atoms with van der Waals surface area (Å²) in [6, 6.07) is 0. The Labute approximate surface area is 35.0 Å². The van der Waals surface area contributed by atoms with Crippen LogP contribution in [-0.4, -0.2) is 14.8 Å². The Balaban J connectivity index is 0.000000160. The van der Waals surface area contributed by atoms with Crippen LogP contribution in [0.25, 0.3) is 0 Å². The van der Waals surface area contributed by atoms with Crippen LogP contribution in [-0.2, 0) is 0 Å². The van der Waals surface area contributed by atoms with Crippen LogP contribution in [0.15, 0.2) is 11.8 Å². The highest BCUT2D eigenvalue weighted by molar-refractivity contribution is 6.59. The SMILES string of the molecule is C1=C[SiH]=C1.[C]. The van der Waals surface area contributed by atoms with Gasteiger partial charge in [0.1, 0.15) is 0 Å². The van der Waals surface area contributed by atoms with E-state index < -0.39 is 0 Å². The number of hydrogen-bond acceptors (Lipinski definition) is 0. The average molecular weight is 80.2 g/mol. The zero-order valence-corrected chi connectivity index (χ0v) is 3.96. The maximum atomic E-state index is 2.21. The van der Waals surface area contributed by atoms with E-state index in [1.165, 1.54) is 0 Å². The average Bonchev–Trinajstić information content (AvgIpc) is 0.722. The molecule has 1 rings (SSSR count). The van der Waals surface area contributed by atoms with Gasteiger partial charge in [0.2, 0.25) is 0 Å². The predicted octanol–water partition coefficient (Wildman–Crippen LogP) is -0.166. The molecule has 0 aromatic rings. The summed E-state index contributed by atoms with van der Waals surface area (Å²) in [6.07, 6.45) is 2.09. The van der Waals surface area contributed by atoms with Crippen LogP contribution in [0.1, 0.15) is 0 Å². The van der Waals surface area contributed by atoms with E-state index in [2.05, 4.69) is 17.4 Å². The molecule has 0 atom stereocenters. The van der Waals surface area contributed by atoms with E-state index in [1.54, 1.807) is 0 Å². The van der Waals surface area contributed by atoms with Crippen LogP contribution in [0, 0.1) is 7.43 Å². The molecule has 0 aliphatic carbocycles. The summed E-state index contributed by atoms with van der Waals surface area (Å²) >= 11 is 0. The molecule has 1 aliphatic heterocycles. The molecule has 0 N–H and O–H groups in total. The highest BCUT2D eigenvalue weighted by atomic mass is 28.2. The van der Waals surface area contributed by atoms with Crippen LogP contribution in [0.3, 0.4) is 0 Å². The van der Waals surface area contributed by atoms with E-state index >= 15 is 0 Å². The molecule has 0 nitrogen and oxygen atoms in total. The van der Waals surface area contributed by atoms with Crippen molar-refractivity contribution in [3.63, 3.8) is 0 Å². The molecule has 0 unspecified atom stereocenters. The van der Waals surface area contributed by atoms with Gasteiger partial charge in [-0.2, -0.15) is 0 Å². The summed E-state index contributed by atoms with van der Waals surface area (Å²) in [6.45, 7) is 0. The zero-order valence-electron chi connectivity index (χ0n) is 2.81. The number of allylic oxidation sites excluding steroid dienone is 1. The van der Waals surface area contributed by atoms with Gasteiger partial charge in [0.15, 0.2) is 0 Å². The fourth-order valence-corrected chi connectivity index (χ4v) is 0.333. The minimum Gasteiger partial charge on any atom is -0.0809 e. The molecular weight excluding hydrogens is 76.1 g/mol. The molecule has 4 radical (unpaired) electrons. The van der Waals surface area contributed by atoms with Gasteiger partial charge in [-0.05, 0) is 0 Å². The lowest BCUT2D eigenvalue weighted by Crippen LogP contribution is -1.82. The van der Waals surface area contributed by atoms with Gasteiger partial charge < -0.3 is 0 Å². The summed E-state index contributed by atoms with van der Waals surface area (Å²) in [5.41, 5.74) is 4.42. The molecule has 0 amide bonds. The maximum absolute atomic E-state index is 2.21. The standard InChI is InChI=1S/C3H4Si.C/c1-2-4-3-1;/h1-4H;. The van der Waals surface area contributed by atoms with Crippen LogP contribution in [0.5, 0.6) is 0 Å². The Hall–Kier alpha value is -0.173. The lowest BCUT2D eigenvalue weighted by Gasteiger charge is -1.76. The van der Waals surface area contributed by atoms with Crippen molar-refractivity contribution in [1.29, 1.82) is 0 Å². The second-order valence-electron chi connectivity index (χ2n) is 0.770. The van der Waals surface area contributed by atoms with Crippen molar-refractivity contribution in [2.75, 3.05) is 0 Å². The predicted molar refractivity (Wildman–Crippen MR) is 25.6 cm³/mol. The van der Waals surface area contributed by atoms with Crippen LogP contribution < -0.4 is 0 Å². The lowest BCUT2D eigenvalue weighted by molar-refractivity contribution is 2.37. The van der Waals surface area contributed by atoms with Gasteiger partial charge in [-0.3, -0.25) is 0 Å². The van der Waals surface area contributed by atoms with E-state index in [0.29, 0.717) is 9.13 Å². The topological polar surface area (TPSA) is 0 Å². The molecule has 0 bridgehead atoms. The van der Waals surface area contributed by atoms with Gasteiger partial charge in [-0.1, -0.05) is 17.4 Å². The monoisotopic (exact) mass is 80.0 g/mol. The highest BCUT2D eigenvalue weighted by Gasteiger charge is 1.66. The van der Waals surface area contributed by atoms with E-state index in [-0.39, 0.29) is 7.43 Å². The molecule has 0 saturated carbocycles. The van der Waals surface area contributed by atoms with Gasteiger partial charge in [0, 0.05) is 16.6 Å². The van der Waals surface area contributed by atoms with Gasteiger partial charge in [0.25, 0.3) is 0 Å². The van der Waals surface area contributed by atoms with E-state index in [4.69, 9.17) is 0 Å². The lowest BCUT2D eigenvalue weighted by atomic mass is 10.7. The minimum atomic E-state index is 0. The van der Waals surface area contributed by atoms with Crippen LogP contribution >= 0.6 is 0 Å². The van der Waals surface area contributed by atoms with Crippen molar-refractivity contribution < 1.29 is 0 Å². The normalized spacial score (nSPS) is 12.8. The quantitative estimate of drug-likeness (QED) is 0.354. The fraction of sp³-hybridized carbons (Fsp3) is 0. The summed E-state index contributed by atoms with van der Waals surface area (Å²) in [4.78, 5) is 0. The van der Waals surface area contributed by atoms with Crippen LogP contribution in [0.4, 0.5) is 0 Å². The first kappa shape index (κ1) is 4.83. The largest absolute Gasteiger partial charge is 0.0809 e. The third-order valence-electron chi connectivity index (χ3n) is 0.444. The van der Waals surface area contributed by atoms with E-state index in [9.17, 15) is 0 Å². The fourth-order valence-electron chi connectivity index (χ4n) is 0.111. The summed E-state index contributed by atoms with van der Waals surface area (Å²) in [7, 11) is 0.657. The molecule has 0 fully saturated rings. The minimum absolute atomic E-state index is 0. The molecule has 0 spiro atoms. The zero-order chi connectivity index (χ0) is 2.83. The second-order valence-corrected chi connectivity index (χ2v) is 1.92. The first-order valence-electron chi connectivity index (χ1n) is 1.33. The van der Waals surface area contributed by atoms with Crippen molar-refractivity contribution in [3.8, 4) is 0 Å². The summed E-state index contributed by atoms with van der Waals surface area (Å²) < 4.78 is 0. The van der Waals surface area contributed by atoms with Crippen molar-refractivity contribution in [3.05, 3.63) is 19.2 Å². The Morgan fingerprint density at radius 3 is 1.60 bits per heavy atom. The van der Waals surface area contributed by atoms with E-state index in [0.717, 1.165) is 0 Å². The Morgan fingerprint density at radius 1 is 1.40 bits per heavy atom. The van der Waals surface area contributed by atoms with Gasteiger partial charge in [0.05, 0.1) is 0 Å². The molecule has 1 heterocycles. The summed E-state index contributed by atoms with van der Waals surface area (Å²) in [5, 5.41) is 0. The molecule has 24 valence electrons. The summed E-state index contributed by atoms with van der Waals surface area (Å²) in [5.74, 6) is 0. The van der Waals surface area contributed by atoms with Crippen molar-refractivity contribution >= 4 is 14.8 Å². The smallest absolute Gasteiger partial charge is 0.0197 e. The number of rotatable bonds is 0. The molecule has 0 aromatic carbocycles. The van der Waals surface area contributed by atoms with Crippen molar-refractivity contribution in [2.45, 2.75) is 0 Å². The van der Waals surface area contributed by atoms with E-state index in [1.807, 2.05) is 0 Å². The van der Waals surface area contributed by atoms with Crippen molar-refractivity contribution in [2.24, 2.45) is 0 Å². The number of hydrogen-bond donors (Lipinski definition) is 0. The highest BCUT2D eigenvalue weighted by Crippen LogP contribution is 1.65. The maximum Gasteiger partial charge on any atom is 0.0197 e. The Morgan fingerprint density at radius 2 is 1.60 bits per heavy atom. The molecule has 1 aliphatic rings. The third-order valence-corrected chi connectivity index (χ3v) is 1.33. The second kappa shape index (κ2) is 2.09. The van der Waals surface area contributed by atoms with Gasteiger partial charge in [-0.25, -0.2) is 0 Å². The molecule has 0 aromatic heterocycles. The van der Waals surface area contributed by atoms with Gasteiger partial charge in [-0.15, -0.1) is 0 Å². The Bertz CT molecular complexity index is 44.0.